The number of hydrogen-bond acceptors (Lipinski definition) is 4. The largest absolute Gasteiger partial charge is 0.378 e. The summed E-state index contributed by atoms with van der Waals surface area (Å²) >= 11 is 3.43. The van der Waals surface area contributed by atoms with E-state index < -0.39 is 0 Å². The summed E-state index contributed by atoms with van der Waals surface area (Å²) in [6.07, 6.45) is 4.18. The molecule has 116 valence electrons. The van der Waals surface area contributed by atoms with Gasteiger partial charge in [-0.25, -0.2) is 0 Å². The van der Waals surface area contributed by atoms with Crippen LogP contribution in [0.2, 0.25) is 0 Å². The second-order valence-corrected chi connectivity index (χ2v) is 6.30. The molecule has 6 heteroatoms. The molecular weight excluding hydrogens is 346 g/mol. The number of morpholine rings is 1. The van der Waals surface area contributed by atoms with E-state index in [4.69, 9.17) is 4.74 Å². The highest BCUT2D eigenvalue weighted by Gasteiger charge is 2.12. The molecule has 3 rings (SSSR count). The van der Waals surface area contributed by atoms with Crippen LogP contribution in [0, 0.1) is 0 Å². The first-order valence-electron chi connectivity index (χ1n) is 7.26. The van der Waals surface area contributed by atoms with Gasteiger partial charge in [0.1, 0.15) is 0 Å². The van der Waals surface area contributed by atoms with Gasteiger partial charge in [0, 0.05) is 48.5 Å². The van der Waals surface area contributed by atoms with Crippen LogP contribution in [0.5, 0.6) is 0 Å². The number of nitrogens with zero attached hydrogens (tertiary/aromatic N) is 3. The monoisotopic (exact) mass is 363 g/mol. The zero-order valence-corrected chi connectivity index (χ0v) is 14.0. The lowest BCUT2D eigenvalue weighted by molar-refractivity contribution is 0.122. The summed E-state index contributed by atoms with van der Waals surface area (Å²) in [5.41, 5.74) is 2.76. The van der Waals surface area contributed by atoms with E-state index in [0.29, 0.717) is 6.42 Å². The molecule has 0 unspecified atom stereocenters. The molecule has 1 saturated heterocycles. The lowest BCUT2D eigenvalue weighted by atomic mass is 10.1. The van der Waals surface area contributed by atoms with E-state index in [1.54, 1.807) is 17.8 Å². The summed E-state index contributed by atoms with van der Waals surface area (Å²) in [7, 11) is 1.76. The van der Waals surface area contributed by atoms with Gasteiger partial charge in [0.15, 0.2) is 0 Å². The van der Waals surface area contributed by atoms with E-state index in [1.807, 2.05) is 18.3 Å². The molecule has 0 bridgehead atoms. The van der Waals surface area contributed by atoms with Gasteiger partial charge in [0.25, 0.3) is 5.56 Å². The van der Waals surface area contributed by atoms with Crippen LogP contribution in [0.15, 0.2) is 39.9 Å². The van der Waals surface area contributed by atoms with Crippen molar-refractivity contribution in [2.24, 2.45) is 7.05 Å². The Morgan fingerprint density at radius 3 is 2.77 bits per heavy atom. The third-order valence-corrected chi connectivity index (χ3v) is 4.21. The zero-order chi connectivity index (χ0) is 15.5. The summed E-state index contributed by atoms with van der Waals surface area (Å²) < 4.78 is 7.84. The maximum absolute atomic E-state index is 12.1. The third kappa shape index (κ3) is 3.39. The highest BCUT2D eigenvalue weighted by Crippen LogP contribution is 2.16. The second-order valence-electron chi connectivity index (χ2n) is 5.38. The Balaban J connectivity index is 1.77. The van der Waals surface area contributed by atoms with Crippen LogP contribution < -0.4 is 10.5 Å². The van der Waals surface area contributed by atoms with Crippen molar-refractivity contribution in [3.05, 3.63) is 56.7 Å². The first-order chi connectivity index (χ1) is 10.6. The number of aryl methyl sites for hydroxylation is 1. The van der Waals surface area contributed by atoms with E-state index in [9.17, 15) is 4.79 Å². The van der Waals surface area contributed by atoms with Gasteiger partial charge < -0.3 is 14.2 Å². The Labute approximate surface area is 137 Å². The van der Waals surface area contributed by atoms with Crippen molar-refractivity contribution >= 4 is 21.6 Å². The molecule has 0 radical (unpaired) electrons. The Kier molecular flexibility index (Phi) is 4.59. The summed E-state index contributed by atoms with van der Waals surface area (Å²) in [6, 6.07) is 5.92. The molecule has 3 heterocycles. The number of aromatic nitrogens is 2. The van der Waals surface area contributed by atoms with Gasteiger partial charge in [-0.15, -0.1) is 0 Å². The molecular formula is C16H18BrN3O2. The molecule has 1 aliphatic rings. The quantitative estimate of drug-likeness (QED) is 0.836. The van der Waals surface area contributed by atoms with Crippen molar-refractivity contribution in [1.82, 2.24) is 9.55 Å². The maximum atomic E-state index is 12.1. The topological polar surface area (TPSA) is 47.4 Å². The number of ether oxygens (including phenoxy) is 1. The smallest absolute Gasteiger partial charge is 0.253 e. The van der Waals surface area contributed by atoms with Crippen molar-refractivity contribution in [3.63, 3.8) is 0 Å². The number of halogens is 1. The minimum absolute atomic E-state index is 0.0160. The number of pyridine rings is 2. The van der Waals surface area contributed by atoms with Gasteiger partial charge in [-0.05, 0) is 34.1 Å². The predicted molar refractivity (Wildman–Crippen MR) is 89.5 cm³/mol. The molecule has 5 nitrogen and oxygen atoms in total. The molecule has 0 aromatic carbocycles. The van der Waals surface area contributed by atoms with Crippen molar-refractivity contribution < 1.29 is 4.74 Å². The molecule has 0 aliphatic carbocycles. The highest BCUT2D eigenvalue weighted by atomic mass is 79.9. The summed E-state index contributed by atoms with van der Waals surface area (Å²) in [5.74, 6) is 0. The minimum Gasteiger partial charge on any atom is -0.378 e. The summed E-state index contributed by atoms with van der Waals surface area (Å²) in [4.78, 5) is 18.9. The molecule has 0 saturated carbocycles. The molecule has 22 heavy (non-hydrogen) atoms. The molecule has 1 aliphatic heterocycles. The second kappa shape index (κ2) is 6.62. The van der Waals surface area contributed by atoms with Gasteiger partial charge >= 0.3 is 0 Å². The van der Waals surface area contributed by atoms with Gasteiger partial charge in [0.05, 0.1) is 25.1 Å². The molecule has 0 spiro atoms. The van der Waals surface area contributed by atoms with E-state index in [1.165, 1.54) is 0 Å². The molecule has 1 fully saturated rings. The van der Waals surface area contributed by atoms with Crippen LogP contribution in [0.4, 0.5) is 5.69 Å². The van der Waals surface area contributed by atoms with Gasteiger partial charge in [-0.2, -0.15) is 0 Å². The standard InChI is InChI=1S/C16H18BrN3O2/c1-19-11-13(17)8-12(16(19)21)9-14-2-3-15(10-18-14)20-4-6-22-7-5-20/h2-3,8,10-11H,4-7,9H2,1H3. The van der Waals surface area contributed by atoms with Crippen LogP contribution in [0.25, 0.3) is 0 Å². The van der Waals surface area contributed by atoms with Crippen LogP contribution in [0.1, 0.15) is 11.3 Å². The van der Waals surface area contributed by atoms with Gasteiger partial charge in [0.2, 0.25) is 0 Å². The number of rotatable bonds is 3. The number of hydrogen-bond donors (Lipinski definition) is 0. The minimum atomic E-state index is 0.0160. The average Bonchev–Trinajstić information content (AvgIpc) is 2.54. The SMILES string of the molecule is Cn1cc(Br)cc(Cc2ccc(N3CCOCC3)cn2)c1=O. The molecule has 2 aromatic rings. The molecule has 0 atom stereocenters. The zero-order valence-electron chi connectivity index (χ0n) is 12.5. The highest BCUT2D eigenvalue weighted by molar-refractivity contribution is 9.10. The fraction of sp³-hybridized carbons (Fsp3) is 0.375. The maximum Gasteiger partial charge on any atom is 0.253 e. The lowest BCUT2D eigenvalue weighted by Crippen LogP contribution is -2.36. The van der Waals surface area contributed by atoms with E-state index in [-0.39, 0.29) is 5.56 Å². The van der Waals surface area contributed by atoms with Crippen molar-refractivity contribution in [2.45, 2.75) is 6.42 Å². The van der Waals surface area contributed by atoms with Gasteiger partial charge in [-0.3, -0.25) is 9.78 Å². The van der Waals surface area contributed by atoms with E-state index in [0.717, 1.165) is 47.7 Å². The predicted octanol–water partition coefficient (Wildman–Crippen LogP) is 1.97. The van der Waals surface area contributed by atoms with Crippen molar-refractivity contribution in [3.8, 4) is 0 Å². The van der Waals surface area contributed by atoms with Crippen molar-refractivity contribution in [1.29, 1.82) is 0 Å². The number of anilines is 1. The van der Waals surface area contributed by atoms with Crippen LogP contribution in [0.3, 0.4) is 0 Å². The van der Waals surface area contributed by atoms with Crippen molar-refractivity contribution in [2.75, 3.05) is 31.2 Å². The summed E-state index contributed by atoms with van der Waals surface area (Å²) in [6.45, 7) is 3.31. The van der Waals surface area contributed by atoms with Gasteiger partial charge in [-0.1, -0.05) is 0 Å². The third-order valence-electron chi connectivity index (χ3n) is 3.78. The van der Waals surface area contributed by atoms with Crippen LogP contribution >= 0.6 is 15.9 Å². The Bertz CT molecular complexity index is 706. The Morgan fingerprint density at radius 2 is 2.09 bits per heavy atom. The van der Waals surface area contributed by atoms with E-state index in [2.05, 4.69) is 31.9 Å². The van der Waals surface area contributed by atoms with Crippen LogP contribution in [-0.2, 0) is 18.2 Å². The fourth-order valence-electron chi connectivity index (χ4n) is 2.59. The Hall–Kier alpha value is -1.66. The van der Waals surface area contributed by atoms with Crippen LogP contribution in [-0.4, -0.2) is 35.9 Å². The lowest BCUT2D eigenvalue weighted by Gasteiger charge is -2.28. The fourth-order valence-corrected chi connectivity index (χ4v) is 3.17. The normalized spacial score (nSPS) is 15.1. The van der Waals surface area contributed by atoms with E-state index >= 15 is 0 Å². The average molecular weight is 364 g/mol. The summed E-state index contributed by atoms with van der Waals surface area (Å²) in [5, 5.41) is 0. The first kappa shape index (κ1) is 15.2. The molecule has 0 N–H and O–H groups in total. The Morgan fingerprint density at radius 1 is 1.32 bits per heavy atom. The molecule has 2 aromatic heterocycles. The first-order valence-corrected chi connectivity index (χ1v) is 8.05. The molecule has 0 amide bonds.